The molecule has 0 unspecified atom stereocenters. The van der Waals surface area contributed by atoms with Gasteiger partial charge in [0, 0.05) is 22.4 Å². The van der Waals surface area contributed by atoms with Gasteiger partial charge in [-0.15, -0.1) is 0 Å². The number of para-hydroxylation sites is 2. The van der Waals surface area contributed by atoms with E-state index in [2.05, 4.69) is 15.3 Å². The first-order chi connectivity index (χ1) is 12.7. The normalized spacial score (nSPS) is 10.6. The van der Waals surface area contributed by atoms with E-state index in [0.717, 1.165) is 28.7 Å². The summed E-state index contributed by atoms with van der Waals surface area (Å²) in [6.07, 6.45) is 0.748. The number of rotatable bonds is 4. The Morgan fingerprint density at radius 3 is 2.35 bits per heavy atom. The maximum absolute atomic E-state index is 12.3. The molecule has 26 heavy (non-hydrogen) atoms. The quantitative estimate of drug-likeness (QED) is 0.544. The molecule has 126 valence electrons. The molecule has 0 aliphatic heterocycles. The van der Waals surface area contributed by atoms with Gasteiger partial charge < -0.3 is 10.3 Å². The number of fused-ring (bicyclic) bond motifs is 1. The zero-order chi connectivity index (χ0) is 17.9. The smallest absolute Gasteiger partial charge is 0.255 e. The van der Waals surface area contributed by atoms with Gasteiger partial charge in [-0.05, 0) is 48.5 Å². The summed E-state index contributed by atoms with van der Waals surface area (Å²) in [5.74, 6) is 0.562. The molecule has 4 aromatic rings. The third-order valence-electron chi connectivity index (χ3n) is 4.11. The van der Waals surface area contributed by atoms with Gasteiger partial charge in [0.05, 0.1) is 11.0 Å². The second-order valence-corrected chi connectivity index (χ2v) is 5.87. The Morgan fingerprint density at radius 1 is 0.923 bits per heavy atom. The van der Waals surface area contributed by atoms with Crippen LogP contribution in [-0.2, 0) is 0 Å². The molecular weight excluding hydrogens is 326 g/mol. The average Bonchev–Trinajstić information content (AvgIpc) is 3.13. The van der Waals surface area contributed by atoms with Crippen LogP contribution in [0.5, 0.6) is 0 Å². The number of anilines is 1. The van der Waals surface area contributed by atoms with Gasteiger partial charge in [0.15, 0.2) is 0 Å². The van der Waals surface area contributed by atoms with Crippen LogP contribution in [0.4, 0.5) is 5.69 Å². The highest BCUT2D eigenvalue weighted by Crippen LogP contribution is 2.22. The lowest BCUT2D eigenvalue weighted by molar-refractivity contribution is 0.102. The van der Waals surface area contributed by atoms with E-state index in [9.17, 15) is 9.59 Å². The summed E-state index contributed by atoms with van der Waals surface area (Å²) in [5.41, 5.74) is 4.56. The first-order valence-corrected chi connectivity index (χ1v) is 8.15. The third kappa shape index (κ3) is 3.10. The predicted octanol–water partition coefficient (Wildman–Crippen LogP) is 4.29. The van der Waals surface area contributed by atoms with Crippen LogP contribution in [0.2, 0.25) is 0 Å². The minimum absolute atomic E-state index is 0.223. The van der Waals surface area contributed by atoms with Crippen molar-refractivity contribution >= 4 is 28.9 Å². The molecule has 5 nitrogen and oxygen atoms in total. The van der Waals surface area contributed by atoms with Crippen LogP contribution in [0.25, 0.3) is 22.4 Å². The topological polar surface area (TPSA) is 74.8 Å². The molecule has 1 amide bonds. The fourth-order valence-corrected chi connectivity index (χ4v) is 2.72. The molecule has 0 radical (unpaired) electrons. The van der Waals surface area contributed by atoms with Gasteiger partial charge in [-0.2, -0.15) is 0 Å². The van der Waals surface area contributed by atoms with Gasteiger partial charge >= 0.3 is 0 Å². The first kappa shape index (κ1) is 15.8. The number of hydrogen-bond acceptors (Lipinski definition) is 3. The number of aldehydes is 1. The zero-order valence-electron chi connectivity index (χ0n) is 13.8. The monoisotopic (exact) mass is 341 g/mol. The molecule has 0 atom stereocenters. The van der Waals surface area contributed by atoms with E-state index < -0.39 is 0 Å². The van der Waals surface area contributed by atoms with E-state index in [1.54, 1.807) is 24.3 Å². The minimum atomic E-state index is -0.223. The van der Waals surface area contributed by atoms with E-state index >= 15 is 0 Å². The van der Waals surface area contributed by atoms with Crippen molar-refractivity contribution < 1.29 is 9.59 Å². The van der Waals surface area contributed by atoms with Crippen LogP contribution in [-0.4, -0.2) is 22.2 Å². The molecule has 5 heteroatoms. The lowest BCUT2D eigenvalue weighted by atomic mass is 10.1. The van der Waals surface area contributed by atoms with Crippen molar-refractivity contribution in [2.24, 2.45) is 0 Å². The molecule has 0 saturated carbocycles. The molecule has 4 rings (SSSR count). The first-order valence-electron chi connectivity index (χ1n) is 8.15. The van der Waals surface area contributed by atoms with Crippen molar-refractivity contribution in [1.82, 2.24) is 9.97 Å². The van der Waals surface area contributed by atoms with Crippen LogP contribution in [0.15, 0.2) is 72.8 Å². The summed E-state index contributed by atoms with van der Waals surface area (Å²) < 4.78 is 0. The Kier molecular flexibility index (Phi) is 4.03. The fraction of sp³-hybridized carbons (Fsp3) is 0. The van der Waals surface area contributed by atoms with Crippen molar-refractivity contribution in [2.45, 2.75) is 0 Å². The molecule has 0 aliphatic rings. The molecule has 1 heterocycles. The Labute approximate surface area is 149 Å². The molecular formula is C21H15N3O2. The summed E-state index contributed by atoms with van der Waals surface area (Å²) in [6, 6.07) is 21.8. The number of aromatic amines is 1. The number of amides is 1. The van der Waals surface area contributed by atoms with Crippen molar-refractivity contribution in [3.63, 3.8) is 0 Å². The predicted molar refractivity (Wildman–Crippen MR) is 101 cm³/mol. The number of H-pyrrole nitrogens is 1. The summed E-state index contributed by atoms with van der Waals surface area (Å²) in [6.45, 7) is 0. The van der Waals surface area contributed by atoms with Crippen LogP contribution in [0.1, 0.15) is 20.7 Å². The highest BCUT2D eigenvalue weighted by atomic mass is 16.1. The number of carbonyl (C=O) groups is 2. The van der Waals surface area contributed by atoms with Crippen LogP contribution >= 0.6 is 0 Å². The lowest BCUT2D eigenvalue weighted by Gasteiger charge is -2.06. The maximum atomic E-state index is 12.3. The Bertz CT molecular complexity index is 1050. The fourth-order valence-electron chi connectivity index (χ4n) is 2.72. The number of aromatic nitrogens is 2. The number of nitrogens with zero attached hydrogens (tertiary/aromatic N) is 1. The largest absolute Gasteiger partial charge is 0.338 e. The lowest BCUT2D eigenvalue weighted by Crippen LogP contribution is -2.11. The van der Waals surface area contributed by atoms with Gasteiger partial charge in [-0.25, -0.2) is 4.98 Å². The number of hydrogen-bond donors (Lipinski definition) is 2. The van der Waals surface area contributed by atoms with E-state index in [4.69, 9.17) is 0 Å². The molecule has 0 aliphatic carbocycles. The molecule has 0 spiro atoms. The van der Waals surface area contributed by atoms with E-state index in [-0.39, 0.29) is 5.91 Å². The van der Waals surface area contributed by atoms with Crippen LogP contribution in [0, 0.1) is 0 Å². The van der Waals surface area contributed by atoms with E-state index in [0.29, 0.717) is 16.8 Å². The number of nitrogens with one attached hydrogen (secondary N) is 2. The van der Waals surface area contributed by atoms with Crippen molar-refractivity contribution in [3.05, 3.63) is 83.9 Å². The molecule has 0 saturated heterocycles. The molecule has 3 aromatic carbocycles. The molecule has 2 N–H and O–H groups in total. The van der Waals surface area contributed by atoms with Gasteiger partial charge in [-0.1, -0.05) is 24.3 Å². The Morgan fingerprint density at radius 2 is 1.65 bits per heavy atom. The van der Waals surface area contributed by atoms with Crippen molar-refractivity contribution in [3.8, 4) is 11.4 Å². The summed E-state index contributed by atoms with van der Waals surface area (Å²) in [4.78, 5) is 30.8. The van der Waals surface area contributed by atoms with Gasteiger partial charge in [0.2, 0.25) is 0 Å². The van der Waals surface area contributed by atoms with E-state index in [1.165, 1.54) is 0 Å². The summed E-state index contributed by atoms with van der Waals surface area (Å²) >= 11 is 0. The number of benzene rings is 3. The van der Waals surface area contributed by atoms with Crippen LogP contribution in [0.3, 0.4) is 0 Å². The number of carbonyl (C=O) groups excluding carboxylic acids is 2. The highest BCUT2D eigenvalue weighted by Gasteiger charge is 2.08. The second kappa shape index (κ2) is 6.64. The van der Waals surface area contributed by atoms with E-state index in [1.807, 2.05) is 48.5 Å². The summed E-state index contributed by atoms with van der Waals surface area (Å²) in [7, 11) is 0. The van der Waals surface area contributed by atoms with Crippen molar-refractivity contribution in [1.29, 1.82) is 0 Å². The summed E-state index contributed by atoms with van der Waals surface area (Å²) in [5, 5.41) is 2.84. The van der Waals surface area contributed by atoms with Crippen molar-refractivity contribution in [2.75, 3.05) is 5.32 Å². The van der Waals surface area contributed by atoms with Gasteiger partial charge in [0.1, 0.15) is 12.1 Å². The third-order valence-corrected chi connectivity index (χ3v) is 4.11. The molecule has 0 fully saturated rings. The molecule has 1 aromatic heterocycles. The SMILES string of the molecule is O=Cc1ccc(C(=O)Nc2ccc(-c3nc4ccccc4[nH]3)cc2)cc1. The number of imidazole rings is 1. The highest BCUT2D eigenvalue weighted by molar-refractivity contribution is 6.04. The molecule has 0 bridgehead atoms. The average molecular weight is 341 g/mol. The van der Waals surface area contributed by atoms with Gasteiger partial charge in [-0.3, -0.25) is 9.59 Å². The second-order valence-electron chi connectivity index (χ2n) is 5.87. The standard InChI is InChI=1S/C21H15N3O2/c25-13-14-5-7-16(8-6-14)21(26)22-17-11-9-15(10-12-17)20-23-18-3-1-2-4-19(18)24-20/h1-13H,(H,22,26)(H,23,24). The van der Waals surface area contributed by atoms with Crippen LogP contribution < -0.4 is 5.32 Å². The van der Waals surface area contributed by atoms with Gasteiger partial charge in [0.25, 0.3) is 5.91 Å². The zero-order valence-corrected chi connectivity index (χ0v) is 13.8. The Balaban J connectivity index is 1.51. The minimum Gasteiger partial charge on any atom is -0.338 e. The Hall–Kier alpha value is -3.73. The maximum Gasteiger partial charge on any atom is 0.255 e.